The second-order valence-electron chi connectivity index (χ2n) is 19.2. The number of benzene rings is 5. The molecule has 2 heterocycles. The van der Waals surface area contributed by atoms with Crippen molar-refractivity contribution >= 4 is 26.3 Å². The van der Waals surface area contributed by atoms with Crippen LogP contribution in [-0.4, -0.2) is 125 Å². The molecule has 1 saturated heterocycles. The summed E-state index contributed by atoms with van der Waals surface area (Å²) in [6.45, 7) is 12.1. The van der Waals surface area contributed by atoms with Gasteiger partial charge in [0.2, 0.25) is 5.91 Å². The van der Waals surface area contributed by atoms with Crippen molar-refractivity contribution in [2.24, 2.45) is 0 Å². The number of ketones is 1. The molecule has 5 aromatic rings. The minimum absolute atomic E-state index is 0.0145. The molecule has 0 aromatic heterocycles. The minimum atomic E-state index is -1.72. The lowest BCUT2D eigenvalue weighted by atomic mass is 9.80. The summed E-state index contributed by atoms with van der Waals surface area (Å²) >= 11 is 0. The Kier molecular flexibility index (Phi) is 19.3. The predicted molar refractivity (Wildman–Crippen MR) is 286 cm³/mol. The van der Waals surface area contributed by atoms with Gasteiger partial charge < -0.3 is 47.5 Å². The van der Waals surface area contributed by atoms with Gasteiger partial charge in [-0.05, 0) is 97.8 Å². The fourth-order valence-electron chi connectivity index (χ4n) is 9.99. The molecule has 0 saturated carbocycles. The number of rotatable bonds is 26. The Balaban J connectivity index is 0.909. The Morgan fingerprint density at radius 1 is 0.720 bits per heavy atom. The molecule has 3 aliphatic rings. The van der Waals surface area contributed by atoms with Gasteiger partial charge in [-0.2, -0.15) is 0 Å². The Morgan fingerprint density at radius 2 is 1.27 bits per heavy atom. The molecule has 0 radical (unpaired) electrons. The smallest absolute Gasteiger partial charge is 0.407 e. The molecular weight excluding hydrogens is 974 g/mol. The Morgan fingerprint density at radius 3 is 1.85 bits per heavy atom. The van der Waals surface area contributed by atoms with Gasteiger partial charge in [-0.3, -0.25) is 14.5 Å². The largest absolute Gasteiger partial charge is 0.497 e. The third-order valence-electron chi connectivity index (χ3n) is 13.6. The zero-order valence-electron chi connectivity index (χ0n) is 44.0. The predicted octanol–water partition coefficient (Wildman–Crippen LogP) is 10.2. The maximum absolute atomic E-state index is 13.5. The number of hydrogen-bond donors (Lipinski definition) is 1. The lowest BCUT2D eigenvalue weighted by Crippen LogP contribution is -2.41. The average Bonchev–Trinajstić information content (AvgIpc) is 3.97. The maximum atomic E-state index is 13.5. The highest BCUT2D eigenvalue weighted by atomic mass is 31.2. The molecule has 75 heavy (non-hydrogen) atoms. The SMILES string of the molecule is COc1ccc(C(OCC2OC(N3C=C(C)C(=O)CC3=O)CC2OP(OCCOCCOCCNC(=O)OCC2c3ccccc3-c3ccccc32)N(C(C)C)C(C)C)(c2ccccc2)c2ccc(OC)cc2)cc1. The third-order valence-corrected chi connectivity index (χ3v) is 15.8. The second kappa shape index (κ2) is 26.2. The van der Waals surface area contributed by atoms with Gasteiger partial charge in [0.1, 0.15) is 36.0 Å². The number of methoxy groups -OCH3 is 2. The van der Waals surface area contributed by atoms with Crippen LogP contribution in [0.25, 0.3) is 11.1 Å². The summed E-state index contributed by atoms with van der Waals surface area (Å²) in [5, 5.41) is 2.79. The van der Waals surface area contributed by atoms with Gasteiger partial charge in [0.25, 0.3) is 8.53 Å². The molecular formula is C59H70N3O12P. The molecule has 4 atom stereocenters. The summed E-state index contributed by atoms with van der Waals surface area (Å²) in [4.78, 5) is 40.3. The van der Waals surface area contributed by atoms with Crippen molar-refractivity contribution < 1.29 is 56.6 Å². The number of Topliss-reactive ketones (excluding diaryl/α,β-unsaturated/α-hetero) is 1. The molecule has 1 aliphatic carbocycles. The monoisotopic (exact) mass is 1040 g/mol. The molecule has 398 valence electrons. The van der Waals surface area contributed by atoms with Gasteiger partial charge in [-0.1, -0.05) is 103 Å². The first-order valence-corrected chi connectivity index (χ1v) is 26.8. The van der Waals surface area contributed by atoms with Crippen molar-refractivity contribution in [1.82, 2.24) is 14.9 Å². The van der Waals surface area contributed by atoms with E-state index in [0.29, 0.717) is 30.3 Å². The lowest BCUT2D eigenvalue weighted by molar-refractivity contribution is -0.147. The van der Waals surface area contributed by atoms with Gasteiger partial charge in [0.15, 0.2) is 5.78 Å². The van der Waals surface area contributed by atoms with Crippen LogP contribution in [0.15, 0.2) is 139 Å². The first-order valence-electron chi connectivity index (χ1n) is 25.7. The topological polar surface area (TPSA) is 153 Å². The van der Waals surface area contributed by atoms with Gasteiger partial charge in [-0.25, -0.2) is 9.46 Å². The Hall–Kier alpha value is -6.00. The fraction of sp³-hybridized carbons (Fsp3) is 0.407. The highest BCUT2D eigenvalue weighted by molar-refractivity contribution is 7.44. The summed E-state index contributed by atoms with van der Waals surface area (Å²) in [5.41, 5.74) is 6.57. The standard InChI is InChI=1S/C59H70N3O12P/c1-40(2)62(41(3)4)75(72-34-33-69-32-31-68-30-29-60-58(65)70-38-52-50-19-13-11-17-48(50)49-18-12-14-20-51(49)52)74-54-36-57(61-37-42(5)53(63)35-56(61)64)73-55(54)39-71-59(43-15-9-8-10-16-43,44-21-25-46(66-6)26-22-44)45-23-27-47(67-7)28-24-45/h8-28,37,40-41,52,54-55,57H,29-36,38-39H2,1-7H3,(H,60,65). The number of carbonyl (C=O) groups excluding carboxylic acids is 3. The van der Waals surface area contributed by atoms with Crippen LogP contribution in [0.1, 0.15) is 81.2 Å². The molecule has 2 amide bonds. The second-order valence-corrected chi connectivity index (χ2v) is 20.6. The Bertz CT molecular complexity index is 2600. The average molecular weight is 1040 g/mol. The number of ether oxygens (including phenoxy) is 7. The molecule has 8 rings (SSSR count). The highest BCUT2D eigenvalue weighted by Gasteiger charge is 2.47. The van der Waals surface area contributed by atoms with E-state index in [9.17, 15) is 14.4 Å². The normalized spacial score (nSPS) is 18.1. The van der Waals surface area contributed by atoms with E-state index in [0.717, 1.165) is 27.8 Å². The van der Waals surface area contributed by atoms with Gasteiger partial charge in [0.05, 0.1) is 66.4 Å². The van der Waals surface area contributed by atoms with E-state index in [1.807, 2.05) is 103 Å². The summed E-state index contributed by atoms with van der Waals surface area (Å²) in [5.74, 6) is 0.821. The maximum Gasteiger partial charge on any atom is 0.407 e. The van der Waals surface area contributed by atoms with E-state index in [-0.39, 0.29) is 82.1 Å². The molecule has 5 aromatic carbocycles. The zero-order valence-corrected chi connectivity index (χ0v) is 44.9. The van der Waals surface area contributed by atoms with Crippen molar-refractivity contribution in [3.05, 3.63) is 167 Å². The van der Waals surface area contributed by atoms with Crippen LogP contribution >= 0.6 is 8.53 Å². The highest BCUT2D eigenvalue weighted by Crippen LogP contribution is 2.50. The van der Waals surface area contributed by atoms with Crippen LogP contribution in [0, 0.1) is 0 Å². The van der Waals surface area contributed by atoms with Crippen molar-refractivity contribution in [1.29, 1.82) is 0 Å². The first kappa shape index (κ1) is 55.2. The van der Waals surface area contributed by atoms with Crippen molar-refractivity contribution in [3.63, 3.8) is 0 Å². The lowest BCUT2D eigenvalue weighted by Gasteiger charge is -2.39. The van der Waals surface area contributed by atoms with Crippen LogP contribution in [-0.2, 0) is 47.9 Å². The first-order chi connectivity index (χ1) is 36.4. The number of alkyl carbamates (subject to hydrolysis) is 1. The summed E-state index contributed by atoms with van der Waals surface area (Å²) in [6, 6.07) is 42.2. The van der Waals surface area contributed by atoms with Crippen LogP contribution < -0.4 is 14.8 Å². The van der Waals surface area contributed by atoms with Crippen LogP contribution in [0.3, 0.4) is 0 Å². The molecule has 0 spiro atoms. The number of hydrogen-bond acceptors (Lipinski definition) is 13. The molecule has 1 N–H and O–H groups in total. The van der Waals surface area contributed by atoms with Crippen LogP contribution in [0.2, 0.25) is 0 Å². The number of fused-ring (bicyclic) bond motifs is 3. The number of allylic oxidation sites excluding steroid dienone is 1. The van der Waals surface area contributed by atoms with Gasteiger partial charge >= 0.3 is 6.09 Å². The number of carbonyl (C=O) groups is 3. The van der Waals surface area contributed by atoms with E-state index in [1.54, 1.807) is 27.3 Å². The summed E-state index contributed by atoms with van der Waals surface area (Å²) < 4.78 is 58.6. The number of amides is 2. The van der Waals surface area contributed by atoms with Crippen molar-refractivity contribution in [3.8, 4) is 22.6 Å². The third kappa shape index (κ3) is 13.2. The van der Waals surface area contributed by atoms with E-state index < -0.39 is 38.7 Å². The molecule has 15 nitrogen and oxygen atoms in total. The number of nitrogens with one attached hydrogen (secondary N) is 1. The van der Waals surface area contributed by atoms with Crippen molar-refractivity contribution in [2.45, 2.75) is 89.5 Å². The van der Waals surface area contributed by atoms with E-state index >= 15 is 0 Å². The number of nitrogens with zero attached hydrogens (tertiary/aromatic N) is 2. The van der Waals surface area contributed by atoms with E-state index in [4.69, 9.17) is 42.2 Å². The molecule has 0 bridgehead atoms. The molecule has 1 fully saturated rings. The summed E-state index contributed by atoms with van der Waals surface area (Å²) in [7, 11) is 1.54. The summed E-state index contributed by atoms with van der Waals surface area (Å²) in [6.07, 6.45) is -0.918. The van der Waals surface area contributed by atoms with Crippen LogP contribution in [0.4, 0.5) is 4.79 Å². The van der Waals surface area contributed by atoms with Crippen molar-refractivity contribution in [2.75, 3.05) is 67.0 Å². The molecule has 16 heteroatoms. The van der Waals surface area contributed by atoms with E-state index in [2.05, 4.69) is 61.9 Å². The van der Waals surface area contributed by atoms with E-state index in [1.165, 1.54) is 16.0 Å². The minimum Gasteiger partial charge on any atom is -0.497 e. The van der Waals surface area contributed by atoms with Gasteiger partial charge in [0, 0.05) is 42.7 Å². The molecule has 4 unspecified atom stereocenters. The van der Waals surface area contributed by atoms with Crippen LogP contribution in [0.5, 0.6) is 11.5 Å². The Labute approximate surface area is 442 Å². The van der Waals surface area contributed by atoms with Gasteiger partial charge in [-0.15, -0.1) is 0 Å². The molecule has 2 aliphatic heterocycles. The zero-order chi connectivity index (χ0) is 52.9. The fourth-order valence-corrected chi connectivity index (χ4v) is 11.7. The quantitative estimate of drug-likeness (QED) is 0.0242.